The number of carbonyl (C=O) groups excluding carboxylic acids is 1. The second kappa shape index (κ2) is 7.85. The van der Waals surface area contributed by atoms with E-state index in [9.17, 15) is 9.90 Å². The zero-order chi connectivity index (χ0) is 18.6. The lowest BCUT2D eigenvalue weighted by Gasteiger charge is -2.42. The summed E-state index contributed by atoms with van der Waals surface area (Å²) in [5.74, 6) is 0.576. The van der Waals surface area contributed by atoms with Crippen LogP contribution < -0.4 is 5.32 Å². The summed E-state index contributed by atoms with van der Waals surface area (Å²) < 4.78 is 5.95. The van der Waals surface area contributed by atoms with Crippen LogP contribution in [-0.2, 0) is 11.2 Å². The molecule has 1 aliphatic rings. The SMILES string of the molecule is CNc1cc(C(=O)N2CCO[C@@](CO)(Cc3cccc(C)c3)C2)ccn1. The van der Waals surface area contributed by atoms with Gasteiger partial charge in [-0.05, 0) is 24.6 Å². The molecule has 0 bridgehead atoms. The van der Waals surface area contributed by atoms with Crippen molar-refractivity contribution in [2.45, 2.75) is 18.9 Å². The number of aromatic nitrogens is 1. The number of anilines is 1. The Balaban J connectivity index is 1.78. The van der Waals surface area contributed by atoms with Crippen molar-refractivity contribution in [2.75, 3.05) is 38.7 Å². The van der Waals surface area contributed by atoms with Crippen molar-refractivity contribution < 1.29 is 14.6 Å². The molecule has 0 saturated carbocycles. The largest absolute Gasteiger partial charge is 0.393 e. The number of ether oxygens (including phenoxy) is 1. The van der Waals surface area contributed by atoms with E-state index in [4.69, 9.17) is 4.74 Å². The van der Waals surface area contributed by atoms with Gasteiger partial charge in [-0.1, -0.05) is 29.8 Å². The average Bonchev–Trinajstić information content (AvgIpc) is 2.67. The fraction of sp³-hybridized carbons (Fsp3) is 0.400. The maximum Gasteiger partial charge on any atom is 0.254 e. The fourth-order valence-electron chi connectivity index (χ4n) is 3.35. The molecule has 138 valence electrons. The lowest BCUT2D eigenvalue weighted by molar-refractivity contribution is -0.123. The summed E-state index contributed by atoms with van der Waals surface area (Å²) in [6, 6.07) is 11.6. The van der Waals surface area contributed by atoms with Gasteiger partial charge in [-0.15, -0.1) is 0 Å². The van der Waals surface area contributed by atoms with Gasteiger partial charge in [-0.3, -0.25) is 4.79 Å². The molecule has 1 aromatic carbocycles. The molecule has 0 spiro atoms. The van der Waals surface area contributed by atoms with Crippen LogP contribution in [0.5, 0.6) is 0 Å². The molecule has 3 rings (SSSR count). The third-order valence-electron chi connectivity index (χ3n) is 4.70. The standard InChI is InChI=1S/C20H25N3O3/c1-15-4-3-5-16(10-15)12-20(14-24)13-23(8-9-26-20)19(25)17-6-7-22-18(11-17)21-2/h3-7,10-11,24H,8-9,12-14H2,1-2H3,(H,21,22)/t20-/m0/s1. The van der Waals surface area contributed by atoms with Crippen LogP contribution in [0.3, 0.4) is 0 Å². The van der Waals surface area contributed by atoms with Crippen LogP contribution in [0.2, 0.25) is 0 Å². The van der Waals surface area contributed by atoms with Crippen LogP contribution in [0.1, 0.15) is 21.5 Å². The summed E-state index contributed by atoms with van der Waals surface area (Å²) in [6.07, 6.45) is 2.18. The molecule has 1 aliphatic heterocycles. The maximum absolute atomic E-state index is 12.9. The molecule has 2 N–H and O–H groups in total. The number of amides is 1. The van der Waals surface area contributed by atoms with Gasteiger partial charge in [-0.2, -0.15) is 0 Å². The van der Waals surface area contributed by atoms with E-state index in [0.717, 1.165) is 11.1 Å². The molecule has 0 aliphatic carbocycles. The molecule has 6 nitrogen and oxygen atoms in total. The number of morpholine rings is 1. The highest BCUT2D eigenvalue weighted by Gasteiger charge is 2.38. The first-order valence-corrected chi connectivity index (χ1v) is 8.79. The van der Waals surface area contributed by atoms with E-state index >= 15 is 0 Å². The van der Waals surface area contributed by atoms with Crippen LogP contribution in [0, 0.1) is 6.92 Å². The van der Waals surface area contributed by atoms with Gasteiger partial charge in [0.1, 0.15) is 11.4 Å². The summed E-state index contributed by atoms with van der Waals surface area (Å²) in [7, 11) is 1.77. The Morgan fingerprint density at radius 1 is 1.38 bits per heavy atom. The number of benzene rings is 1. The molecule has 6 heteroatoms. The minimum atomic E-state index is -0.777. The Hall–Kier alpha value is -2.44. The van der Waals surface area contributed by atoms with Crippen LogP contribution in [0.15, 0.2) is 42.6 Å². The molecule has 2 heterocycles. The van der Waals surface area contributed by atoms with Gasteiger partial charge in [0.2, 0.25) is 0 Å². The highest BCUT2D eigenvalue weighted by Crippen LogP contribution is 2.25. The number of nitrogens with one attached hydrogen (secondary N) is 1. The van der Waals surface area contributed by atoms with Gasteiger partial charge in [0.15, 0.2) is 0 Å². The van der Waals surface area contributed by atoms with Crippen molar-refractivity contribution in [3.05, 3.63) is 59.3 Å². The van der Waals surface area contributed by atoms with Crippen molar-refractivity contribution >= 4 is 11.7 Å². The molecular weight excluding hydrogens is 330 g/mol. The summed E-state index contributed by atoms with van der Waals surface area (Å²) >= 11 is 0. The Labute approximate surface area is 153 Å². The molecular formula is C20H25N3O3. The number of aliphatic hydroxyl groups is 1. The third kappa shape index (κ3) is 4.03. The summed E-state index contributed by atoms with van der Waals surface area (Å²) in [5, 5.41) is 13.0. The van der Waals surface area contributed by atoms with Crippen LogP contribution in [0.4, 0.5) is 5.82 Å². The summed E-state index contributed by atoms with van der Waals surface area (Å²) in [6.45, 7) is 3.17. The number of hydrogen-bond acceptors (Lipinski definition) is 5. The zero-order valence-electron chi connectivity index (χ0n) is 15.2. The van der Waals surface area contributed by atoms with E-state index in [0.29, 0.717) is 37.5 Å². The van der Waals surface area contributed by atoms with Crippen molar-refractivity contribution in [1.29, 1.82) is 0 Å². The number of aryl methyl sites for hydroxylation is 1. The number of carbonyl (C=O) groups is 1. The summed E-state index contributed by atoms with van der Waals surface area (Å²) in [4.78, 5) is 18.8. The average molecular weight is 355 g/mol. The first kappa shape index (κ1) is 18.4. The Kier molecular flexibility index (Phi) is 5.54. The van der Waals surface area contributed by atoms with Crippen LogP contribution in [0.25, 0.3) is 0 Å². The topological polar surface area (TPSA) is 74.7 Å². The van der Waals surface area contributed by atoms with Crippen LogP contribution in [-0.4, -0.2) is 59.8 Å². The zero-order valence-corrected chi connectivity index (χ0v) is 15.2. The van der Waals surface area contributed by atoms with Crippen molar-refractivity contribution in [3.63, 3.8) is 0 Å². The van der Waals surface area contributed by atoms with Crippen molar-refractivity contribution in [1.82, 2.24) is 9.88 Å². The van der Waals surface area contributed by atoms with Gasteiger partial charge >= 0.3 is 0 Å². The molecule has 1 atom stereocenters. The molecule has 0 radical (unpaired) electrons. The second-order valence-electron chi connectivity index (χ2n) is 6.76. The predicted molar refractivity (Wildman–Crippen MR) is 100 cm³/mol. The first-order chi connectivity index (χ1) is 12.5. The molecule has 2 aromatic rings. The monoisotopic (exact) mass is 355 g/mol. The molecule has 1 saturated heterocycles. The predicted octanol–water partition coefficient (Wildman–Crippen LogP) is 1.88. The number of pyridine rings is 1. The van der Waals surface area contributed by atoms with Crippen molar-refractivity contribution in [2.24, 2.45) is 0 Å². The highest BCUT2D eigenvalue weighted by atomic mass is 16.5. The van der Waals surface area contributed by atoms with E-state index in [1.165, 1.54) is 0 Å². The second-order valence-corrected chi connectivity index (χ2v) is 6.76. The lowest BCUT2D eigenvalue weighted by Crippen LogP contribution is -2.56. The van der Waals surface area contributed by atoms with E-state index < -0.39 is 5.60 Å². The number of nitrogens with zero attached hydrogens (tertiary/aromatic N) is 2. The van der Waals surface area contributed by atoms with Gasteiger partial charge in [-0.25, -0.2) is 4.98 Å². The van der Waals surface area contributed by atoms with E-state index in [-0.39, 0.29) is 12.5 Å². The van der Waals surface area contributed by atoms with Gasteiger partial charge < -0.3 is 20.1 Å². The summed E-state index contributed by atoms with van der Waals surface area (Å²) in [5.41, 5.74) is 2.06. The van der Waals surface area contributed by atoms with Gasteiger partial charge in [0.25, 0.3) is 5.91 Å². The minimum absolute atomic E-state index is 0.0748. The third-order valence-corrected chi connectivity index (χ3v) is 4.70. The first-order valence-electron chi connectivity index (χ1n) is 8.79. The highest BCUT2D eigenvalue weighted by molar-refractivity contribution is 5.95. The lowest BCUT2D eigenvalue weighted by atomic mass is 9.92. The smallest absolute Gasteiger partial charge is 0.254 e. The normalized spacial score (nSPS) is 20.0. The Morgan fingerprint density at radius 3 is 2.96 bits per heavy atom. The van der Waals surface area contributed by atoms with Crippen LogP contribution >= 0.6 is 0 Å². The van der Waals surface area contributed by atoms with E-state index in [1.807, 2.05) is 25.1 Å². The van der Waals surface area contributed by atoms with Crippen molar-refractivity contribution in [3.8, 4) is 0 Å². The van der Waals surface area contributed by atoms with E-state index in [1.54, 1.807) is 30.3 Å². The fourth-order valence-corrected chi connectivity index (χ4v) is 3.35. The molecule has 0 unspecified atom stereocenters. The Bertz CT molecular complexity index is 780. The molecule has 1 amide bonds. The number of rotatable bonds is 5. The maximum atomic E-state index is 12.9. The molecule has 1 fully saturated rings. The molecule has 1 aromatic heterocycles. The van der Waals surface area contributed by atoms with E-state index in [2.05, 4.69) is 16.4 Å². The number of aliphatic hydroxyl groups excluding tert-OH is 1. The van der Waals surface area contributed by atoms with Gasteiger partial charge in [0, 0.05) is 31.8 Å². The molecule has 26 heavy (non-hydrogen) atoms. The number of hydrogen-bond donors (Lipinski definition) is 2. The quantitative estimate of drug-likeness (QED) is 0.857. The minimum Gasteiger partial charge on any atom is -0.393 e. The van der Waals surface area contributed by atoms with Gasteiger partial charge in [0.05, 0.1) is 19.8 Å². The Morgan fingerprint density at radius 2 is 2.23 bits per heavy atom.